The van der Waals surface area contributed by atoms with E-state index in [1.165, 1.54) is 0 Å². The van der Waals surface area contributed by atoms with Crippen molar-refractivity contribution in [2.45, 2.75) is 6.54 Å². The fourth-order valence-corrected chi connectivity index (χ4v) is 1.87. The zero-order valence-corrected chi connectivity index (χ0v) is 10.3. The van der Waals surface area contributed by atoms with E-state index < -0.39 is 6.09 Å². The van der Waals surface area contributed by atoms with Crippen LogP contribution in [0.4, 0.5) is 4.79 Å². The van der Waals surface area contributed by atoms with Crippen LogP contribution >= 0.6 is 11.6 Å². The summed E-state index contributed by atoms with van der Waals surface area (Å²) in [5, 5.41) is 9.20. The van der Waals surface area contributed by atoms with Gasteiger partial charge in [-0.25, -0.2) is 9.78 Å². The van der Waals surface area contributed by atoms with Gasteiger partial charge in [-0.1, -0.05) is 17.7 Å². The smallest absolute Gasteiger partial charge is 0.407 e. The quantitative estimate of drug-likeness (QED) is 0.815. The van der Waals surface area contributed by atoms with Gasteiger partial charge < -0.3 is 10.0 Å². The molecule has 2 amide bonds. The van der Waals surface area contributed by atoms with Crippen molar-refractivity contribution in [3.05, 3.63) is 29.0 Å². The average molecular weight is 270 g/mol. The molecule has 1 aliphatic heterocycles. The number of aromatic nitrogens is 1. The first-order valence-electron chi connectivity index (χ1n) is 5.42. The normalized spacial score (nSPS) is 15.9. The lowest BCUT2D eigenvalue weighted by molar-refractivity contribution is -0.135. The summed E-state index contributed by atoms with van der Waals surface area (Å²) in [5.74, 6) is -0.196. The van der Waals surface area contributed by atoms with Gasteiger partial charge in [-0.2, -0.15) is 0 Å². The van der Waals surface area contributed by atoms with Gasteiger partial charge in [-0.05, 0) is 11.6 Å². The van der Waals surface area contributed by atoms with Crippen LogP contribution in [0.5, 0.6) is 0 Å². The zero-order chi connectivity index (χ0) is 13.1. The van der Waals surface area contributed by atoms with Gasteiger partial charge in [0.2, 0.25) is 5.91 Å². The first kappa shape index (κ1) is 12.6. The molecule has 0 saturated carbocycles. The van der Waals surface area contributed by atoms with E-state index in [2.05, 4.69) is 4.98 Å². The number of rotatable bonds is 2. The molecule has 0 aliphatic carbocycles. The molecule has 1 aromatic heterocycles. The highest BCUT2D eigenvalue weighted by Gasteiger charge is 2.26. The SMILES string of the molecule is O=C(O)N1CCN(Cc2ccc(Cl)nc2)C(=O)C1. The minimum absolute atomic E-state index is 0.0870. The molecule has 2 heterocycles. The van der Waals surface area contributed by atoms with Crippen LogP contribution in [0, 0.1) is 0 Å². The van der Waals surface area contributed by atoms with Crippen LogP contribution < -0.4 is 0 Å². The van der Waals surface area contributed by atoms with Crippen LogP contribution in [0.2, 0.25) is 5.15 Å². The van der Waals surface area contributed by atoms with Crippen LogP contribution in [0.15, 0.2) is 18.3 Å². The van der Waals surface area contributed by atoms with Crippen molar-refractivity contribution in [3.8, 4) is 0 Å². The van der Waals surface area contributed by atoms with Gasteiger partial charge in [0.15, 0.2) is 0 Å². The Kier molecular flexibility index (Phi) is 3.66. The van der Waals surface area contributed by atoms with Crippen molar-refractivity contribution < 1.29 is 14.7 Å². The Bertz CT molecular complexity index is 463. The molecule has 0 spiro atoms. The van der Waals surface area contributed by atoms with Crippen molar-refractivity contribution in [2.75, 3.05) is 19.6 Å². The Morgan fingerprint density at radius 3 is 2.78 bits per heavy atom. The van der Waals surface area contributed by atoms with Crippen molar-refractivity contribution in [3.63, 3.8) is 0 Å². The van der Waals surface area contributed by atoms with Gasteiger partial charge in [0.05, 0.1) is 0 Å². The van der Waals surface area contributed by atoms with E-state index in [0.717, 1.165) is 10.5 Å². The van der Waals surface area contributed by atoms with Gasteiger partial charge in [-0.3, -0.25) is 9.69 Å². The van der Waals surface area contributed by atoms with Crippen LogP contribution in [0.25, 0.3) is 0 Å². The highest BCUT2D eigenvalue weighted by molar-refractivity contribution is 6.29. The van der Waals surface area contributed by atoms with Crippen molar-refractivity contribution >= 4 is 23.6 Å². The van der Waals surface area contributed by atoms with Gasteiger partial charge in [0.25, 0.3) is 0 Å². The molecule has 7 heteroatoms. The maximum atomic E-state index is 11.8. The Labute approximate surface area is 109 Å². The van der Waals surface area contributed by atoms with Crippen molar-refractivity contribution in [2.24, 2.45) is 0 Å². The summed E-state index contributed by atoms with van der Waals surface area (Å²) in [6.45, 7) is 1.07. The van der Waals surface area contributed by atoms with E-state index in [-0.39, 0.29) is 12.5 Å². The third-order valence-corrected chi connectivity index (χ3v) is 2.97. The van der Waals surface area contributed by atoms with E-state index in [1.807, 2.05) is 0 Å². The third-order valence-electron chi connectivity index (χ3n) is 2.75. The monoisotopic (exact) mass is 269 g/mol. The number of nitrogens with zero attached hydrogens (tertiary/aromatic N) is 3. The molecule has 1 N–H and O–H groups in total. The lowest BCUT2D eigenvalue weighted by Gasteiger charge is -2.32. The molecule has 2 rings (SSSR count). The van der Waals surface area contributed by atoms with E-state index in [0.29, 0.717) is 24.8 Å². The van der Waals surface area contributed by atoms with Crippen LogP contribution in [-0.4, -0.2) is 51.5 Å². The Morgan fingerprint density at radius 1 is 1.44 bits per heavy atom. The standard InChI is InChI=1S/C11H12ClN3O3/c12-9-2-1-8(5-13-9)6-14-3-4-15(11(17)18)7-10(14)16/h1-2,5H,3-4,6-7H2,(H,17,18). The summed E-state index contributed by atoms with van der Waals surface area (Å²) < 4.78 is 0. The molecule has 1 saturated heterocycles. The number of piperazine rings is 1. The van der Waals surface area contributed by atoms with Crippen LogP contribution in [-0.2, 0) is 11.3 Å². The summed E-state index contributed by atoms with van der Waals surface area (Å²) in [5.41, 5.74) is 0.872. The molecule has 0 bridgehead atoms. The highest BCUT2D eigenvalue weighted by Crippen LogP contribution is 2.11. The molecule has 0 radical (unpaired) electrons. The van der Waals surface area contributed by atoms with E-state index in [4.69, 9.17) is 16.7 Å². The minimum Gasteiger partial charge on any atom is -0.465 e. The van der Waals surface area contributed by atoms with Crippen molar-refractivity contribution in [1.82, 2.24) is 14.8 Å². The van der Waals surface area contributed by atoms with Gasteiger partial charge in [-0.15, -0.1) is 0 Å². The molecule has 0 unspecified atom stereocenters. The summed E-state index contributed by atoms with van der Waals surface area (Å²) >= 11 is 5.67. The topological polar surface area (TPSA) is 73.7 Å². The second-order valence-electron chi connectivity index (χ2n) is 4.01. The van der Waals surface area contributed by atoms with Crippen LogP contribution in [0.1, 0.15) is 5.56 Å². The number of carbonyl (C=O) groups is 2. The summed E-state index contributed by atoms with van der Waals surface area (Å²) in [7, 11) is 0. The molecule has 0 aromatic carbocycles. The molecule has 0 atom stereocenters. The Balaban J connectivity index is 1.97. The average Bonchev–Trinajstić information content (AvgIpc) is 2.34. The largest absolute Gasteiger partial charge is 0.465 e. The zero-order valence-electron chi connectivity index (χ0n) is 9.54. The molecular formula is C11H12ClN3O3. The lowest BCUT2D eigenvalue weighted by atomic mass is 10.2. The number of carbonyl (C=O) groups excluding carboxylic acids is 1. The molecule has 1 aromatic rings. The number of halogens is 1. The molecule has 96 valence electrons. The maximum absolute atomic E-state index is 11.8. The first-order chi connectivity index (χ1) is 8.56. The number of hydrogen-bond donors (Lipinski definition) is 1. The second kappa shape index (κ2) is 5.22. The predicted molar refractivity (Wildman–Crippen MR) is 64.3 cm³/mol. The molecule has 1 fully saturated rings. The van der Waals surface area contributed by atoms with E-state index in [1.54, 1.807) is 23.2 Å². The third kappa shape index (κ3) is 2.89. The number of pyridine rings is 1. The van der Waals surface area contributed by atoms with Crippen LogP contribution in [0.3, 0.4) is 0 Å². The molecule has 1 aliphatic rings. The van der Waals surface area contributed by atoms with Gasteiger partial charge >= 0.3 is 6.09 Å². The number of hydrogen-bond acceptors (Lipinski definition) is 3. The number of amides is 2. The van der Waals surface area contributed by atoms with E-state index >= 15 is 0 Å². The lowest BCUT2D eigenvalue weighted by Crippen LogP contribution is -2.51. The molecule has 6 nitrogen and oxygen atoms in total. The van der Waals surface area contributed by atoms with Crippen molar-refractivity contribution in [1.29, 1.82) is 0 Å². The van der Waals surface area contributed by atoms with E-state index in [9.17, 15) is 9.59 Å². The first-order valence-corrected chi connectivity index (χ1v) is 5.80. The molecular weight excluding hydrogens is 258 g/mol. The predicted octanol–water partition coefficient (Wildman–Crippen LogP) is 1.06. The summed E-state index contributed by atoms with van der Waals surface area (Å²) in [6, 6.07) is 3.46. The highest BCUT2D eigenvalue weighted by atomic mass is 35.5. The second-order valence-corrected chi connectivity index (χ2v) is 4.40. The number of carboxylic acid groups (broad SMARTS) is 1. The van der Waals surface area contributed by atoms with Gasteiger partial charge in [0.1, 0.15) is 11.7 Å². The summed E-state index contributed by atoms with van der Waals surface area (Å²) in [6.07, 6.45) is 0.551. The Hall–Kier alpha value is -1.82. The fraction of sp³-hybridized carbons (Fsp3) is 0.364. The maximum Gasteiger partial charge on any atom is 0.407 e. The summed E-state index contributed by atoms with van der Waals surface area (Å²) in [4.78, 5) is 29.1. The molecule has 18 heavy (non-hydrogen) atoms. The fourth-order valence-electron chi connectivity index (χ4n) is 1.76. The minimum atomic E-state index is -1.06. The Morgan fingerprint density at radius 2 is 2.22 bits per heavy atom. The van der Waals surface area contributed by atoms with Gasteiger partial charge in [0, 0.05) is 25.8 Å².